The van der Waals surface area contributed by atoms with E-state index in [2.05, 4.69) is 26.2 Å². The van der Waals surface area contributed by atoms with Crippen LogP contribution in [-0.4, -0.2) is 10.9 Å². The predicted molar refractivity (Wildman–Crippen MR) is 77.1 cm³/mol. The molecule has 0 fully saturated rings. The molecule has 0 atom stereocenters. The Bertz CT molecular complexity index is 593. The van der Waals surface area contributed by atoms with Gasteiger partial charge in [-0.15, -0.1) is 0 Å². The average Bonchev–Trinajstić information content (AvgIpc) is 2.77. The zero-order valence-electron chi connectivity index (χ0n) is 10.9. The van der Waals surface area contributed by atoms with E-state index in [4.69, 9.17) is 4.42 Å². The van der Waals surface area contributed by atoms with E-state index in [1.165, 1.54) is 0 Å². The Balaban J connectivity index is 1.88. The molecule has 0 unspecified atom stereocenters. The third-order valence-corrected chi connectivity index (χ3v) is 3.58. The molecule has 4 nitrogen and oxygen atoms in total. The Morgan fingerprint density at radius 2 is 2.21 bits per heavy atom. The number of aryl methyl sites for hydroxylation is 3. The van der Waals surface area contributed by atoms with Crippen LogP contribution in [0, 0.1) is 13.8 Å². The summed E-state index contributed by atoms with van der Waals surface area (Å²) in [6, 6.07) is 5.74. The van der Waals surface area contributed by atoms with E-state index in [1.54, 1.807) is 13.2 Å². The maximum atomic E-state index is 11.8. The van der Waals surface area contributed by atoms with Crippen molar-refractivity contribution in [1.82, 2.24) is 4.98 Å². The van der Waals surface area contributed by atoms with E-state index >= 15 is 0 Å². The number of hydrogen-bond acceptors (Lipinski definition) is 3. The summed E-state index contributed by atoms with van der Waals surface area (Å²) in [7, 11) is 0. The molecule has 0 saturated heterocycles. The standard InChI is InChI=1S/C14H15BrN2O2/c1-9-3-4-11(7-13(9)15)17-14(18)6-5-12-8-19-10(2)16-12/h3-4,7-8H,5-6H2,1-2H3,(H,17,18). The van der Waals surface area contributed by atoms with Crippen molar-refractivity contribution in [1.29, 1.82) is 0 Å². The lowest BCUT2D eigenvalue weighted by Gasteiger charge is -2.06. The summed E-state index contributed by atoms with van der Waals surface area (Å²) in [6.07, 6.45) is 2.55. The topological polar surface area (TPSA) is 55.1 Å². The normalized spacial score (nSPS) is 10.5. The van der Waals surface area contributed by atoms with Crippen molar-refractivity contribution in [2.75, 3.05) is 5.32 Å². The van der Waals surface area contributed by atoms with Crippen LogP contribution in [0.25, 0.3) is 0 Å². The largest absolute Gasteiger partial charge is 0.449 e. The maximum absolute atomic E-state index is 11.8. The Morgan fingerprint density at radius 3 is 2.84 bits per heavy atom. The van der Waals surface area contributed by atoms with E-state index in [9.17, 15) is 4.79 Å². The molecular weight excluding hydrogens is 308 g/mol. The molecule has 100 valence electrons. The highest BCUT2D eigenvalue weighted by atomic mass is 79.9. The van der Waals surface area contributed by atoms with Crippen LogP contribution < -0.4 is 5.32 Å². The molecule has 2 aromatic rings. The fraction of sp³-hybridized carbons (Fsp3) is 0.286. The number of halogens is 1. The third-order valence-electron chi connectivity index (χ3n) is 2.73. The number of nitrogens with one attached hydrogen (secondary N) is 1. The molecule has 1 heterocycles. The lowest BCUT2D eigenvalue weighted by atomic mass is 10.2. The van der Waals surface area contributed by atoms with Gasteiger partial charge in [0.15, 0.2) is 5.89 Å². The first kappa shape index (κ1) is 13.8. The highest BCUT2D eigenvalue weighted by Gasteiger charge is 2.06. The third kappa shape index (κ3) is 3.92. The lowest BCUT2D eigenvalue weighted by Crippen LogP contribution is -2.12. The minimum absolute atomic E-state index is 0.0311. The van der Waals surface area contributed by atoms with Crippen LogP contribution in [0.4, 0.5) is 5.69 Å². The van der Waals surface area contributed by atoms with Gasteiger partial charge in [0.25, 0.3) is 0 Å². The summed E-state index contributed by atoms with van der Waals surface area (Å²) in [6.45, 7) is 3.79. The Hall–Kier alpha value is -1.62. The van der Waals surface area contributed by atoms with Crippen LogP contribution in [0.15, 0.2) is 33.4 Å². The number of hydrogen-bond donors (Lipinski definition) is 1. The number of oxazole rings is 1. The molecule has 1 aromatic carbocycles. The summed E-state index contributed by atoms with van der Waals surface area (Å²) in [4.78, 5) is 16.0. The van der Waals surface area contributed by atoms with Gasteiger partial charge in [-0.05, 0) is 24.6 Å². The first-order valence-electron chi connectivity index (χ1n) is 6.01. The Kier molecular flexibility index (Phi) is 4.37. The number of rotatable bonds is 4. The zero-order valence-corrected chi connectivity index (χ0v) is 12.5. The van der Waals surface area contributed by atoms with E-state index in [-0.39, 0.29) is 5.91 Å². The van der Waals surface area contributed by atoms with Gasteiger partial charge in [-0.25, -0.2) is 4.98 Å². The minimum atomic E-state index is -0.0311. The van der Waals surface area contributed by atoms with Crippen molar-refractivity contribution in [3.05, 3.63) is 46.1 Å². The first-order valence-corrected chi connectivity index (χ1v) is 6.81. The van der Waals surface area contributed by atoms with E-state index in [0.29, 0.717) is 18.7 Å². The van der Waals surface area contributed by atoms with Gasteiger partial charge < -0.3 is 9.73 Å². The highest BCUT2D eigenvalue weighted by molar-refractivity contribution is 9.10. The second-order valence-corrected chi connectivity index (χ2v) is 5.22. The number of carbonyl (C=O) groups excluding carboxylic acids is 1. The number of nitrogens with zero attached hydrogens (tertiary/aromatic N) is 1. The molecule has 0 bridgehead atoms. The molecule has 0 spiro atoms. The first-order chi connectivity index (χ1) is 9.04. The SMILES string of the molecule is Cc1nc(CCC(=O)Nc2ccc(C)c(Br)c2)co1. The molecule has 2 rings (SSSR count). The molecule has 1 N–H and O–H groups in total. The fourth-order valence-electron chi connectivity index (χ4n) is 1.66. The predicted octanol–water partition coefficient (Wildman–Crippen LogP) is 3.63. The number of carbonyl (C=O) groups is 1. The molecule has 0 saturated carbocycles. The van der Waals surface area contributed by atoms with Gasteiger partial charge in [0.1, 0.15) is 6.26 Å². The van der Waals surface area contributed by atoms with Gasteiger partial charge >= 0.3 is 0 Å². The van der Waals surface area contributed by atoms with Crippen molar-refractivity contribution in [2.24, 2.45) is 0 Å². The fourth-order valence-corrected chi connectivity index (χ4v) is 2.04. The monoisotopic (exact) mass is 322 g/mol. The second-order valence-electron chi connectivity index (χ2n) is 4.37. The molecule has 0 aliphatic rings. The molecule has 1 aromatic heterocycles. The Morgan fingerprint density at radius 1 is 1.42 bits per heavy atom. The number of aromatic nitrogens is 1. The highest BCUT2D eigenvalue weighted by Crippen LogP contribution is 2.20. The quantitative estimate of drug-likeness (QED) is 0.935. The van der Waals surface area contributed by atoms with Crippen molar-refractivity contribution in [2.45, 2.75) is 26.7 Å². The van der Waals surface area contributed by atoms with Crippen molar-refractivity contribution in [3.63, 3.8) is 0 Å². The smallest absolute Gasteiger partial charge is 0.224 e. The summed E-state index contributed by atoms with van der Waals surface area (Å²) in [5.74, 6) is 0.592. The van der Waals surface area contributed by atoms with Gasteiger partial charge in [-0.2, -0.15) is 0 Å². The maximum Gasteiger partial charge on any atom is 0.224 e. The molecule has 0 aliphatic carbocycles. The van der Waals surface area contributed by atoms with Crippen LogP contribution in [0.1, 0.15) is 23.6 Å². The number of amides is 1. The van der Waals surface area contributed by atoms with Gasteiger partial charge in [0, 0.05) is 29.9 Å². The summed E-state index contributed by atoms with van der Waals surface area (Å²) >= 11 is 3.44. The molecule has 0 aliphatic heterocycles. The Labute approximate surface area is 120 Å². The van der Waals surface area contributed by atoms with Crippen LogP contribution >= 0.6 is 15.9 Å². The van der Waals surface area contributed by atoms with Crippen LogP contribution in [0.3, 0.4) is 0 Å². The molecule has 5 heteroatoms. The van der Waals surface area contributed by atoms with E-state index in [0.717, 1.165) is 21.4 Å². The molecule has 19 heavy (non-hydrogen) atoms. The van der Waals surface area contributed by atoms with Crippen molar-refractivity contribution >= 4 is 27.5 Å². The summed E-state index contributed by atoms with van der Waals surface area (Å²) in [5, 5.41) is 2.86. The van der Waals surface area contributed by atoms with Gasteiger partial charge in [-0.1, -0.05) is 22.0 Å². The van der Waals surface area contributed by atoms with E-state index in [1.807, 2.05) is 25.1 Å². The van der Waals surface area contributed by atoms with E-state index < -0.39 is 0 Å². The van der Waals surface area contributed by atoms with Crippen LogP contribution in [0.2, 0.25) is 0 Å². The van der Waals surface area contributed by atoms with Crippen LogP contribution in [0.5, 0.6) is 0 Å². The van der Waals surface area contributed by atoms with Crippen molar-refractivity contribution < 1.29 is 9.21 Å². The van der Waals surface area contributed by atoms with Crippen LogP contribution in [-0.2, 0) is 11.2 Å². The average molecular weight is 323 g/mol. The minimum Gasteiger partial charge on any atom is -0.449 e. The molecule has 0 radical (unpaired) electrons. The second kappa shape index (κ2) is 6.02. The summed E-state index contributed by atoms with van der Waals surface area (Å²) in [5.41, 5.74) is 2.73. The van der Waals surface area contributed by atoms with Gasteiger partial charge in [0.2, 0.25) is 5.91 Å². The van der Waals surface area contributed by atoms with Gasteiger partial charge in [0.05, 0.1) is 5.69 Å². The number of anilines is 1. The molecular formula is C14H15BrN2O2. The van der Waals surface area contributed by atoms with Gasteiger partial charge in [-0.3, -0.25) is 4.79 Å². The molecule has 1 amide bonds. The number of benzene rings is 1. The van der Waals surface area contributed by atoms with Crippen molar-refractivity contribution in [3.8, 4) is 0 Å². The lowest BCUT2D eigenvalue weighted by molar-refractivity contribution is -0.116. The summed E-state index contributed by atoms with van der Waals surface area (Å²) < 4.78 is 6.08. The zero-order chi connectivity index (χ0) is 13.8.